The van der Waals surface area contributed by atoms with E-state index in [0.29, 0.717) is 0 Å². The highest BCUT2D eigenvalue weighted by Crippen LogP contribution is 2.20. The summed E-state index contributed by atoms with van der Waals surface area (Å²) in [5, 5.41) is 7.03. The molecule has 0 fully saturated rings. The summed E-state index contributed by atoms with van der Waals surface area (Å²) in [6, 6.07) is 6.88. The van der Waals surface area contributed by atoms with Crippen molar-refractivity contribution in [2.75, 3.05) is 6.54 Å². The lowest BCUT2D eigenvalue weighted by molar-refractivity contribution is 0.275. The molecule has 0 radical (unpaired) electrons. The second-order valence-electron chi connectivity index (χ2n) is 6.49. The second kappa shape index (κ2) is 6.53. The van der Waals surface area contributed by atoms with Crippen LogP contribution in [0.15, 0.2) is 18.2 Å². The molecule has 0 amide bonds. The van der Waals surface area contributed by atoms with Gasteiger partial charge in [0.05, 0.1) is 0 Å². The Morgan fingerprint density at radius 2 is 1.74 bits per heavy atom. The van der Waals surface area contributed by atoms with Gasteiger partial charge in [-0.3, -0.25) is 0 Å². The van der Waals surface area contributed by atoms with Crippen LogP contribution in [0.2, 0.25) is 0 Å². The maximum Gasteiger partial charge on any atom is 0.0212 e. The fraction of sp³-hybridized carbons (Fsp3) is 0.647. The summed E-state index contributed by atoms with van der Waals surface area (Å²) in [5.41, 5.74) is 4.35. The third-order valence-electron chi connectivity index (χ3n) is 4.32. The first-order chi connectivity index (χ1) is 9.08. The fourth-order valence-corrected chi connectivity index (χ4v) is 3.08. The average Bonchev–Trinajstić information content (AvgIpc) is 2.80. The Morgan fingerprint density at radius 3 is 2.42 bits per heavy atom. The van der Waals surface area contributed by atoms with Crippen molar-refractivity contribution in [2.24, 2.45) is 17.8 Å². The lowest BCUT2D eigenvalue weighted by Crippen LogP contribution is -2.29. The first-order valence-corrected chi connectivity index (χ1v) is 7.60. The normalized spacial score (nSPS) is 14.7. The highest BCUT2D eigenvalue weighted by atomic mass is 14.9. The van der Waals surface area contributed by atoms with E-state index in [-0.39, 0.29) is 0 Å². The summed E-state index contributed by atoms with van der Waals surface area (Å²) < 4.78 is 0. The van der Waals surface area contributed by atoms with Gasteiger partial charge in [-0.1, -0.05) is 45.9 Å². The quantitative estimate of drug-likeness (QED) is 0.820. The zero-order valence-corrected chi connectivity index (χ0v) is 12.8. The molecule has 0 saturated heterocycles. The number of hydrogen-bond acceptors (Lipinski definition) is 2. The largest absolute Gasteiger partial charge is 0.312 e. The van der Waals surface area contributed by atoms with E-state index in [9.17, 15) is 0 Å². The first-order valence-electron chi connectivity index (χ1n) is 7.60. The Hall–Kier alpha value is -0.860. The molecular weight excluding hydrogens is 232 g/mol. The molecule has 0 aromatic heterocycles. The molecule has 106 valence electrons. The second-order valence-corrected chi connectivity index (χ2v) is 6.49. The van der Waals surface area contributed by atoms with Gasteiger partial charge in [-0.25, -0.2) is 0 Å². The summed E-state index contributed by atoms with van der Waals surface area (Å²) in [7, 11) is 0. The van der Waals surface area contributed by atoms with E-state index in [4.69, 9.17) is 0 Å². The molecule has 2 heteroatoms. The summed E-state index contributed by atoms with van der Waals surface area (Å²) in [4.78, 5) is 0. The van der Waals surface area contributed by atoms with Crippen molar-refractivity contribution < 1.29 is 0 Å². The van der Waals surface area contributed by atoms with Crippen LogP contribution in [0.5, 0.6) is 0 Å². The summed E-state index contributed by atoms with van der Waals surface area (Å²) in [6.45, 7) is 13.5. The number of fused-ring (bicyclic) bond motifs is 1. The van der Waals surface area contributed by atoms with Crippen LogP contribution in [0.4, 0.5) is 0 Å². The van der Waals surface area contributed by atoms with Crippen molar-refractivity contribution in [3.63, 3.8) is 0 Å². The van der Waals surface area contributed by atoms with Crippen LogP contribution in [-0.2, 0) is 19.6 Å². The number of nitrogens with one attached hydrogen (secondary N) is 2. The molecule has 19 heavy (non-hydrogen) atoms. The molecule has 2 N–H and O–H groups in total. The van der Waals surface area contributed by atoms with Crippen LogP contribution in [-0.4, -0.2) is 6.54 Å². The Bertz CT molecular complexity index is 402. The maximum atomic E-state index is 3.64. The topological polar surface area (TPSA) is 24.1 Å². The number of rotatable bonds is 6. The molecule has 0 unspecified atom stereocenters. The Labute approximate surface area is 118 Å². The molecule has 0 atom stereocenters. The van der Waals surface area contributed by atoms with E-state index in [0.717, 1.165) is 43.9 Å². The van der Waals surface area contributed by atoms with Gasteiger partial charge in [0, 0.05) is 19.6 Å². The van der Waals surface area contributed by atoms with Gasteiger partial charge in [0.25, 0.3) is 0 Å². The van der Waals surface area contributed by atoms with Crippen molar-refractivity contribution in [1.82, 2.24) is 10.6 Å². The molecule has 1 aliphatic rings. The van der Waals surface area contributed by atoms with Gasteiger partial charge in [-0.05, 0) is 41.0 Å². The van der Waals surface area contributed by atoms with Crippen molar-refractivity contribution in [1.29, 1.82) is 0 Å². The predicted molar refractivity (Wildman–Crippen MR) is 81.9 cm³/mol. The number of benzene rings is 1. The third kappa shape index (κ3) is 3.80. The minimum Gasteiger partial charge on any atom is -0.312 e. The van der Waals surface area contributed by atoms with Crippen molar-refractivity contribution in [3.8, 4) is 0 Å². The van der Waals surface area contributed by atoms with E-state index in [1.165, 1.54) is 16.7 Å². The first kappa shape index (κ1) is 14.5. The monoisotopic (exact) mass is 260 g/mol. The zero-order valence-electron chi connectivity index (χ0n) is 12.8. The molecule has 0 bridgehead atoms. The van der Waals surface area contributed by atoms with Crippen LogP contribution in [0.1, 0.15) is 44.4 Å². The Kier molecular flexibility index (Phi) is 5.00. The Balaban J connectivity index is 1.85. The van der Waals surface area contributed by atoms with Crippen LogP contribution < -0.4 is 10.6 Å². The van der Waals surface area contributed by atoms with Crippen molar-refractivity contribution >= 4 is 0 Å². The molecule has 0 spiro atoms. The summed E-state index contributed by atoms with van der Waals surface area (Å²) in [5.74, 6) is 2.25. The minimum absolute atomic E-state index is 0.747. The summed E-state index contributed by atoms with van der Waals surface area (Å²) >= 11 is 0. The molecular formula is C17H28N2. The highest BCUT2D eigenvalue weighted by molar-refractivity contribution is 5.34. The van der Waals surface area contributed by atoms with E-state index in [2.05, 4.69) is 56.5 Å². The van der Waals surface area contributed by atoms with Gasteiger partial charge in [0.2, 0.25) is 0 Å². The van der Waals surface area contributed by atoms with Gasteiger partial charge in [-0.15, -0.1) is 0 Å². The van der Waals surface area contributed by atoms with Crippen molar-refractivity contribution in [3.05, 3.63) is 34.9 Å². The zero-order chi connectivity index (χ0) is 13.8. The number of hydrogen-bond donors (Lipinski definition) is 2. The van der Waals surface area contributed by atoms with Crippen molar-refractivity contribution in [2.45, 2.75) is 47.3 Å². The van der Waals surface area contributed by atoms with Crippen LogP contribution in [0.3, 0.4) is 0 Å². The molecule has 0 saturated carbocycles. The van der Waals surface area contributed by atoms with Crippen LogP contribution in [0.25, 0.3) is 0 Å². The summed E-state index contributed by atoms with van der Waals surface area (Å²) in [6.07, 6.45) is 0. The molecule has 1 heterocycles. The van der Waals surface area contributed by atoms with Crippen LogP contribution >= 0.6 is 0 Å². The standard InChI is InChI=1S/C17H28N2/c1-12(2)17(13(3)4)11-18-8-14-5-6-15-9-19-10-16(15)7-14/h5-7,12-13,17-19H,8-11H2,1-4H3. The smallest absolute Gasteiger partial charge is 0.0212 e. The van der Waals surface area contributed by atoms with Crippen LogP contribution in [0, 0.1) is 17.8 Å². The molecule has 1 aromatic carbocycles. The highest BCUT2D eigenvalue weighted by Gasteiger charge is 2.17. The van der Waals surface area contributed by atoms with E-state index < -0.39 is 0 Å². The van der Waals surface area contributed by atoms with E-state index in [1.807, 2.05) is 0 Å². The van der Waals surface area contributed by atoms with Gasteiger partial charge >= 0.3 is 0 Å². The molecule has 1 aliphatic heterocycles. The molecule has 2 nitrogen and oxygen atoms in total. The minimum atomic E-state index is 0.747. The fourth-order valence-electron chi connectivity index (χ4n) is 3.08. The molecule has 2 rings (SSSR count). The lowest BCUT2D eigenvalue weighted by Gasteiger charge is -2.25. The van der Waals surface area contributed by atoms with E-state index >= 15 is 0 Å². The van der Waals surface area contributed by atoms with E-state index in [1.54, 1.807) is 0 Å². The third-order valence-corrected chi connectivity index (χ3v) is 4.32. The van der Waals surface area contributed by atoms with Gasteiger partial charge < -0.3 is 10.6 Å². The Morgan fingerprint density at radius 1 is 1.05 bits per heavy atom. The lowest BCUT2D eigenvalue weighted by atomic mass is 9.85. The average molecular weight is 260 g/mol. The SMILES string of the molecule is CC(C)C(CNCc1ccc2c(c1)CNC2)C(C)C. The van der Waals surface area contributed by atoms with Gasteiger partial charge in [0.15, 0.2) is 0 Å². The van der Waals surface area contributed by atoms with Gasteiger partial charge in [-0.2, -0.15) is 0 Å². The molecule has 0 aliphatic carbocycles. The molecule has 1 aromatic rings. The predicted octanol–water partition coefficient (Wildman–Crippen LogP) is 3.31. The maximum absolute atomic E-state index is 3.64. The van der Waals surface area contributed by atoms with Gasteiger partial charge in [0.1, 0.15) is 0 Å².